The van der Waals surface area contributed by atoms with Gasteiger partial charge in [0.2, 0.25) is 6.79 Å². The molecule has 0 atom stereocenters. The summed E-state index contributed by atoms with van der Waals surface area (Å²) in [5.74, 6) is 1.52. The van der Waals surface area contributed by atoms with Crippen molar-refractivity contribution in [1.29, 1.82) is 0 Å². The Balaban J connectivity index is 1.69. The molecule has 2 heterocycles. The van der Waals surface area contributed by atoms with Gasteiger partial charge in [0.1, 0.15) is 0 Å². The standard InChI is InChI=1S/C16H11ClN2O2/c17-12-4-1-10(2-5-12)13-8-14(19-18-13)11-3-6-15-16(7-11)21-9-20-15/h1-8H,9H2,(H,18,19). The fraction of sp³-hybridized carbons (Fsp3) is 0.0625. The minimum Gasteiger partial charge on any atom is -0.454 e. The van der Waals surface area contributed by atoms with Crippen molar-refractivity contribution < 1.29 is 9.47 Å². The SMILES string of the molecule is Clc1ccc(-c2cc(-c3ccc4c(c3)OCO4)n[nH]2)cc1. The van der Waals surface area contributed by atoms with Crippen LogP contribution in [0, 0.1) is 0 Å². The highest BCUT2D eigenvalue weighted by molar-refractivity contribution is 6.30. The number of rotatable bonds is 2. The van der Waals surface area contributed by atoms with Gasteiger partial charge in [-0.05, 0) is 42.0 Å². The van der Waals surface area contributed by atoms with Crippen LogP contribution in [0.1, 0.15) is 0 Å². The lowest BCUT2D eigenvalue weighted by Gasteiger charge is -1.99. The first-order valence-corrected chi connectivity index (χ1v) is 6.89. The van der Waals surface area contributed by atoms with Gasteiger partial charge in [-0.1, -0.05) is 23.7 Å². The van der Waals surface area contributed by atoms with Crippen LogP contribution in [0.25, 0.3) is 22.5 Å². The zero-order chi connectivity index (χ0) is 14.2. The predicted molar refractivity (Wildman–Crippen MR) is 80.6 cm³/mol. The number of halogens is 1. The van der Waals surface area contributed by atoms with E-state index in [0.29, 0.717) is 5.02 Å². The molecule has 4 rings (SSSR count). The van der Waals surface area contributed by atoms with Gasteiger partial charge in [-0.3, -0.25) is 5.10 Å². The monoisotopic (exact) mass is 298 g/mol. The fourth-order valence-electron chi connectivity index (χ4n) is 2.30. The second-order valence-corrected chi connectivity index (χ2v) is 5.18. The molecular formula is C16H11ClN2O2. The summed E-state index contributed by atoms with van der Waals surface area (Å²) < 4.78 is 10.7. The Morgan fingerprint density at radius 3 is 2.52 bits per heavy atom. The number of fused-ring (bicyclic) bond motifs is 1. The Morgan fingerprint density at radius 1 is 0.905 bits per heavy atom. The fourth-order valence-corrected chi connectivity index (χ4v) is 2.43. The Labute approximate surface area is 126 Å². The summed E-state index contributed by atoms with van der Waals surface area (Å²) in [5, 5.41) is 8.12. The molecule has 1 aliphatic heterocycles. The first-order valence-electron chi connectivity index (χ1n) is 6.51. The summed E-state index contributed by atoms with van der Waals surface area (Å²) in [6, 6.07) is 15.4. The van der Waals surface area contributed by atoms with Gasteiger partial charge >= 0.3 is 0 Å². The van der Waals surface area contributed by atoms with Gasteiger partial charge in [0, 0.05) is 10.6 Å². The lowest BCUT2D eigenvalue weighted by atomic mass is 10.1. The Hall–Kier alpha value is -2.46. The third-order valence-corrected chi connectivity index (χ3v) is 3.65. The normalized spacial score (nSPS) is 12.6. The molecule has 0 saturated carbocycles. The molecule has 0 bridgehead atoms. The third kappa shape index (κ3) is 2.23. The number of nitrogens with zero attached hydrogens (tertiary/aromatic N) is 1. The topological polar surface area (TPSA) is 47.1 Å². The summed E-state index contributed by atoms with van der Waals surface area (Å²) in [7, 11) is 0. The van der Waals surface area contributed by atoms with E-state index in [1.807, 2.05) is 48.5 Å². The average Bonchev–Trinajstić information content (AvgIpc) is 3.16. The average molecular weight is 299 g/mol. The van der Waals surface area contributed by atoms with Crippen molar-refractivity contribution in [1.82, 2.24) is 10.2 Å². The predicted octanol–water partition coefficient (Wildman–Crippen LogP) is 4.13. The highest BCUT2D eigenvalue weighted by Gasteiger charge is 2.15. The van der Waals surface area contributed by atoms with Crippen molar-refractivity contribution in [2.24, 2.45) is 0 Å². The van der Waals surface area contributed by atoms with Crippen molar-refractivity contribution in [3.8, 4) is 34.0 Å². The van der Waals surface area contributed by atoms with Crippen LogP contribution in [0.5, 0.6) is 11.5 Å². The van der Waals surface area contributed by atoms with Gasteiger partial charge < -0.3 is 9.47 Å². The van der Waals surface area contributed by atoms with Crippen LogP contribution >= 0.6 is 11.6 Å². The molecule has 2 aromatic carbocycles. The van der Waals surface area contributed by atoms with E-state index >= 15 is 0 Å². The van der Waals surface area contributed by atoms with Crippen LogP contribution in [-0.2, 0) is 0 Å². The van der Waals surface area contributed by atoms with Crippen molar-refractivity contribution in [3.63, 3.8) is 0 Å². The van der Waals surface area contributed by atoms with Gasteiger partial charge in [0.15, 0.2) is 11.5 Å². The maximum atomic E-state index is 5.90. The number of H-pyrrole nitrogens is 1. The molecule has 21 heavy (non-hydrogen) atoms. The number of benzene rings is 2. The van der Waals surface area contributed by atoms with E-state index in [2.05, 4.69) is 10.2 Å². The first kappa shape index (κ1) is 12.3. The zero-order valence-corrected chi connectivity index (χ0v) is 11.7. The second kappa shape index (κ2) is 4.82. The largest absolute Gasteiger partial charge is 0.454 e. The second-order valence-electron chi connectivity index (χ2n) is 4.74. The van der Waals surface area contributed by atoms with Gasteiger partial charge in [-0.25, -0.2) is 0 Å². The molecule has 0 saturated heterocycles. The van der Waals surface area contributed by atoms with Gasteiger partial charge in [0.25, 0.3) is 0 Å². The minimum atomic E-state index is 0.273. The van der Waals surface area contributed by atoms with Gasteiger partial charge in [0.05, 0.1) is 11.4 Å². The van der Waals surface area contributed by atoms with Gasteiger partial charge in [-0.2, -0.15) is 5.10 Å². The molecule has 1 aliphatic rings. The van der Waals surface area contributed by atoms with Crippen LogP contribution in [0.3, 0.4) is 0 Å². The Kier molecular flexibility index (Phi) is 2.82. The molecule has 1 N–H and O–H groups in total. The number of hydrogen-bond donors (Lipinski definition) is 1. The molecule has 4 nitrogen and oxygen atoms in total. The highest BCUT2D eigenvalue weighted by Crippen LogP contribution is 2.36. The smallest absolute Gasteiger partial charge is 0.231 e. The summed E-state index contributed by atoms with van der Waals surface area (Å²) in [5.41, 5.74) is 3.83. The number of nitrogens with one attached hydrogen (secondary N) is 1. The van der Waals surface area contributed by atoms with E-state index in [1.165, 1.54) is 0 Å². The number of ether oxygens (including phenoxy) is 2. The molecule has 5 heteroatoms. The molecular weight excluding hydrogens is 288 g/mol. The lowest BCUT2D eigenvalue weighted by molar-refractivity contribution is 0.174. The Bertz CT molecular complexity index is 796. The molecule has 3 aromatic rings. The van der Waals surface area contributed by atoms with E-state index in [0.717, 1.165) is 34.0 Å². The summed E-state index contributed by atoms with van der Waals surface area (Å²) in [4.78, 5) is 0. The van der Waals surface area contributed by atoms with Crippen molar-refractivity contribution in [3.05, 3.63) is 53.6 Å². The van der Waals surface area contributed by atoms with Crippen LogP contribution in [-0.4, -0.2) is 17.0 Å². The van der Waals surface area contributed by atoms with Gasteiger partial charge in [-0.15, -0.1) is 0 Å². The number of hydrogen-bond acceptors (Lipinski definition) is 3. The molecule has 0 spiro atoms. The molecule has 0 aliphatic carbocycles. The van der Waals surface area contributed by atoms with E-state index in [1.54, 1.807) is 0 Å². The van der Waals surface area contributed by atoms with Crippen LogP contribution in [0.4, 0.5) is 0 Å². The quantitative estimate of drug-likeness (QED) is 0.774. The maximum Gasteiger partial charge on any atom is 0.231 e. The molecule has 0 amide bonds. The summed E-state index contributed by atoms with van der Waals surface area (Å²) in [6.45, 7) is 0.273. The molecule has 0 fully saturated rings. The molecule has 1 aromatic heterocycles. The van der Waals surface area contributed by atoms with Crippen molar-refractivity contribution in [2.45, 2.75) is 0 Å². The van der Waals surface area contributed by atoms with E-state index in [4.69, 9.17) is 21.1 Å². The maximum absolute atomic E-state index is 5.90. The number of aromatic nitrogens is 2. The van der Waals surface area contributed by atoms with Crippen molar-refractivity contribution in [2.75, 3.05) is 6.79 Å². The minimum absolute atomic E-state index is 0.273. The van der Waals surface area contributed by atoms with E-state index in [-0.39, 0.29) is 6.79 Å². The lowest BCUT2D eigenvalue weighted by Crippen LogP contribution is -1.92. The van der Waals surface area contributed by atoms with Crippen LogP contribution in [0.15, 0.2) is 48.5 Å². The highest BCUT2D eigenvalue weighted by atomic mass is 35.5. The molecule has 0 unspecified atom stereocenters. The summed E-state index contributed by atoms with van der Waals surface area (Å²) in [6.07, 6.45) is 0. The molecule has 0 radical (unpaired) electrons. The zero-order valence-electron chi connectivity index (χ0n) is 11.0. The van der Waals surface area contributed by atoms with E-state index < -0.39 is 0 Å². The molecule has 104 valence electrons. The van der Waals surface area contributed by atoms with Crippen LogP contribution < -0.4 is 9.47 Å². The number of aromatic amines is 1. The van der Waals surface area contributed by atoms with Crippen molar-refractivity contribution >= 4 is 11.6 Å². The third-order valence-electron chi connectivity index (χ3n) is 3.40. The van der Waals surface area contributed by atoms with E-state index in [9.17, 15) is 0 Å². The van der Waals surface area contributed by atoms with Crippen LogP contribution in [0.2, 0.25) is 5.02 Å². The first-order chi connectivity index (χ1) is 10.3. The summed E-state index contributed by atoms with van der Waals surface area (Å²) >= 11 is 5.90. The Morgan fingerprint density at radius 2 is 1.67 bits per heavy atom.